The van der Waals surface area contributed by atoms with Gasteiger partial charge in [-0.25, -0.2) is 4.98 Å². The minimum absolute atomic E-state index is 0.146. The van der Waals surface area contributed by atoms with Gasteiger partial charge in [0.25, 0.3) is 5.91 Å². The van der Waals surface area contributed by atoms with E-state index in [1.54, 1.807) is 11.1 Å². The van der Waals surface area contributed by atoms with E-state index in [2.05, 4.69) is 10.3 Å². The molecule has 1 N–H and O–H groups in total. The summed E-state index contributed by atoms with van der Waals surface area (Å²) in [6, 6.07) is 17.0. The average molecular weight is 392 g/mol. The monoisotopic (exact) mass is 392 g/mol. The number of thioether (sulfide) groups is 1. The fraction of sp³-hybridized carbons (Fsp3) is 0.190. The Morgan fingerprint density at radius 2 is 1.82 bits per heavy atom. The van der Waals surface area contributed by atoms with Gasteiger partial charge < -0.3 is 10.2 Å². The van der Waals surface area contributed by atoms with Crippen LogP contribution in [0.3, 0.4) is 0 Å². The molecule has 2 aromatic carbocycles. The second kappa shape index (κ2) is 7.90. The minimum Gasteiger partial charge on any atom is -0.321 e. The van der Waals surface area contributed by atoms with Crippen LogP contribution >= 0.6 is 11.8 Å². The molecule has 7 heteroatoms. The molecule has 0 radical (unpaired) electrons. The second-order valence-electron chi connectivity index (χ2n) is 6.45. The molecule has 3 aromatic rings. The van der Waals surface area contributed by atoms with Crippen LogP contribution in [0.5, 0.6) is 0 Å². The minimum atomic E-state index is -0.235. The standard InChI is InChI=1S/C21H20N4O2S/c1-28-21-22-14-18(25(21)17-6-3-2-4-7-17)20(27)23-15-9-11-16(12-10-15)24-13-5-8-19(24)26/h2-4,6-7,9-12,14H,5,8,13H2,1H3,(H,23,27). The van der Waals surface area contributed by atoms with Gasteiger partial charge in [0.2, 0.25) is 5.91 Å². The van der Waals surface area contributed by atoms with E-state index < -0.39 is 0 Å². The van der Waals surface area contributed by atoms with Gasteiger partial charge in [-0.3, -0.25) is 14.2 Å². The van der Waals surface area contributed by atoms with Gasteiger partial charge in [0.1, 0.15) is 5.69 Å². The van der Waals surface area contributed by atoms with Crippen molar-refractivity contribution in [2.24, 2.45) is 0 Å². The highest BCUT2D eigenvalue weighted by molar-refractivity contribution is 7.98. The van der Waals surface area contributed by atoms with Gasteiger partial charge >= 0.3 is 0 Å². The number of hydrogen-bond acceptors (Lipinski definition) is 4. The van der Waals surface area contributed by atoms with E-state index in [1.165, 1.54) is 11.8 Å². The van der Waals surface area contributed by atoms with Crippen molar-refractivity contribution >= 4 is 35.0 Å². The van der Waals surface area contributed by atoms with Crippen molar-refractivity contribution in [1.29, 1.82) is 0 Å². The highest BCUT2D eigenvalue weighted by Gasteiger charge is 2.22. The predicted molar refractivity (Wildman–Crippen MR) is 111 cm³/mol. The molecule has 0 aliphatic carbocycles. The molecule has 0 unspecified atom stereocenters. The van der Waals surface area contributed by atoms with Crippen LogP contribution in [0.15, 0.2) is 66.0 Å². The largest absolute Gasteiger partial charge is 0.321 e. The number of rotatable bonds is 5. The molecular formula is C21H20N4O2S. The molecule has 6 nitrogen and oxygen atoms in total. The molecule has 0 bridgehead atoms. The van der Waals surface area contributed by atoms with Crippen molar-refractivity contribution in [1.82, 2.24) is 9.55 Å². The molecule has 4 rings (SSSR count). The summed E-state index contributed by atoms with van der Waals surface area (Å²) in [4.78, 5) is 30.9. The predicted octanol–water partition coefficient (Wildman–Crippen LogP) is 3.97. The topological polar surface area (TPSA) is 67.2 Å². The molecule has 0 spiro atoms. The molecule has 1 aliphatic rings. The number of anilines is 2. The van der Waals surface area contributed by atoms with E-state index in [0.717, 1.165) is 29.5 Å². The van der Waals surface area contributed by atoms with Gasteiger partial charge in [0, 0.05) is 30.0 Å². The van der Waals surface area contributed by atoms with Crippen molar-refractivity contribution in [3.05, 3.63) is 66.5 Å². The van der Waals surface area contributed by atoms with Gasteiger partial charge in [-0.15, -0.1) is 0 Å². The smallest absolute Gasteiger partial charge is 0.274 e. The summed E-state index contributed by atoms with van der Waals surface area (Å²) in [6.07, 6.45) is 5.01. The lowest BCUT2D eigenvalue weighted by atomic mass is 10.2. The number of para-hydroxylation sites is 1. The third-order valence-corrected chi connectivity index (χ3v) is 5.32. The van der Waals surface area contributed by atoms with E-state index >= 15 is 0 Å². The van der Waals surface area contributed by atoms with Gasteiger partial charge in [0.05, 0.1) is 6.20 Å². The van der Waals surface area contributed by atoms with Gasteiger partial charge in [-0.1, -0.05) is 30.0 Å². The summed E-state index contributed by atoms with van der Waals surface area (Å²) >= 11 is 1.49. The summed E-state index contributed by atoms with van der Waals surface area (Å²) in [5.41, 5.74) is 2.89. The molecule has 1 saturated heterocycles. The molecule has 0 saturated carbocycles. The number of benzene rings is 2. The molecule has 2 amide bonds. The van der Waals surface area contributed by atoms with Crippen LogP contribution in [0.4, 0.5) is 11.4 Å². The van der Waals surface area contributed by atoms with E-state index in [-0.39, 0.29) is 11.8 Å². The van der Waals surface area contributed by atoms with Crippen LogP contribution < -0.4 is 10.2 Å². The number of amides is 2. The van der Waals surface area contributed by atoms with E-state index in [1.807, 2.05) is 65.4 Å². The summed E-state index contributed by atoms with van der Waals surface area (Å²) in [5, 5.41) is 3.67. The Morgan fingerprint density at radius 3 is 2.46 bits per heavy atom. The Labute approximate surface area is 167 Å². The van der Waals surface area contributed by atoms with Crippen LogP contribution in [-0.2, 0) is 4.79 Å². The number of nitrogens with one attached hydrogen (secondary N) is 1. The lowest BCUT2D eigenvalue weighted by molar-refractivity contribution is -0.117. The Morgan fingerprint density at radius 1 is 1.07 bits per heavy atom. The number of aromatic nitrogens is 2. The van der Waals surface area contributed by atoms with Crippen LogP contribution in [0, 0.1) is 0 Å². The summed E-state index contributed by atoms with van der Waals surface area (Å²) < 4.78 is 1.84. The fourth-order valence-electron chi connectivity index (χ4n) is 3.31. The average Bonchev–Trinajstić information content (AvgIpc) is 3.35. The summed E-state index contributed by atoms with van der Waals surface area (Å²) in [5.74, 6) is -0.0882. The Balaban J connectivity index is 1.56. The van der Waals surface area contributed by atoms with Crippen molar-refractivity contribution in [3.8, 4) is 5.69 Å². The van der Waals surface area contributed by atoms with Gasteiger partial charge in [-0.05, 0) is 49.1 Å². The molecule has 142 valence electrons. The van der Waals surface area contributed by atoms with E-state index in [9.17, 15) is 9.59 Å². The first-order valence-electron chi connectivity index (χ1n) is 9.06. The first-order chi connectivity index (χ1) is 13.7. The molecular weight excluding hydrogens is 372 g/mol. The fourth-order valence-corrected chi connectivity index (χ4v) is 3.85. The lowest BCUT2D eigenvalue weighted by Gasteiger charge is -2.16. The highest BCUT2D eigenvalue weighted by atomic mass is 32.2. The van der Waals surface area contributed by atoms with Crippen molar-refractivity contribution < 1.29 is 9.59 Å². The van der Waals surface area contributed by atoms with Crippen molar-refractivity contribution in [2.45, 2.75) is 18.0 Å². The van der Waals surface area contributed by atoms with E-state index in [0.29, 0.717) is 17.8 Å². The highest BCUT2D eigenvalue weighted by Crippen LogP contribution is 2.25. The van der Waals surface area contributed by atoms with Crippen LogP contribution in [0.1, 0.15) is 23.3 Å². The number of imidazole rings is 1. The number of nitrogens with zero attached hydrogens (tertiary/aromatic N) is 3. The van der Waals surface area contributed by atoms with Crippen LogP contribution in [0.2, 0.25) is 0 Å². The summed E-state index contributed by atoms with van der Waals surface area (Å²) in [6.45, 7) is 0.748. The zero-order valence-corrected chi connectivity index (χ0v) is 16.3. The van der Waals surface area contributed by atoms with Crippen molar-refractivity contribution in [3.63, 3.8) is 0 Å². The van der Waals surface area contributed by atoms with Crippen molar-refractivity contribution in [2.75, 3.05) is 23.0 Å². The first kappa shape index (κ1) is 18.3. The molecule has 1 aromatic heterocycles. The number of hydrogen-bond donors (Lipinski definition) is 1. The zero-order chi connectivity index (χ0) is 19.5. The third kappa shape index (κ3) is 3.53. The summed E-state index contributed by atoms with van der Waals surface area (Å²) in [7, 11) is 0. The van der Waals surface area contributed by atoms with Gasteiger partial charge in [0.15, 0.2) is 5.16 Å². The lowest BCUT2D eigenvalue weighted by Crippen LogP contribution is -2.23. The second-order valence-corrected chi connectivity index (χ2v) is 7.22. The maximum atomic E-state index is 12.9. The molecule has 2 heterocycles. The van der Waals surface area contributed by atoms with Crippen LogP contribution in [0.25, 0.3) is 5.69 Å². The maximum absolute atomic E-state index is 12.9. The first-order valence-corrected chi connectivity index (χ1v) is 10.3. The van der Waals surface area contributed by atoms with E-state index in [4.69, 9.17) is 0 Å². The van der Waals surface area contributed by atoms with Gasteiger partial charge in [-0.2, -0.15) is 0 Å². The number of carbonyl (C=O) groups excluding carboxylic acids is 2. The Bertz CT molecular complexity index is 999. The zero-order valence-electron chi connectivity index (χ0n) is 15.5. The Kier molecular flexibility index (Phi) is 5.16. The normalized spacial score (nSPS) is 13.8. The van der Waals surface area contributed by atoms with Crippen LogP contribution in [-0.4, -0.2) is 34.2 Å². The molecule has 1 fully saturated rings. The quantitative estimate of drug-likeness (QED) is 0.667. The SMILES string of the molecule is CSc1ncc(C(=O)Nc2ccc(N3CCCC3=O)cc2)n1-c1ccccc1. The molecule has 0 atom stereocenters. The molecule has 1 aliphatic heterocycles. The maximum Gasteiger partial charge on any atom is 0.274 e. The number of carbonyl (C=O) groups is 2. The third-order valence-electron chi connectivity index (χ3n) is 4.67. The Hall–Kier alpha value is -3.06. The molecule has 28 heavy (non-hydrogen) atoms.